The maximum Gasteiger partial charge on any atom is 0.271 e. The summed E-state index contributed by atoms with van der Waals surface area (Å²) in [5, 5.41) is 11.4. The van der Waals surface area contributed by atoms with Gasteiger partial charge in [0.05, 0.1) is 0 Å². The van der Waals surface area contributed by atoms with Crippen LogP contribution in [0.25, 0.3) is 6.08 Å². The molecule has 5 heteroatoms. The van der Waals surface area contributed by atoms with Gasteiger partial charge in [0, 0.05) is 25.0 Å². The molecule has 1 spiro atoms. The molecule has 2 aliphatic carbocycles. The first-order valence-electron chi connectivity index (χ1n) is 9.89. The lowest BCUT2D eigenvalue weighted by Gasteiger charge is -2.39. The van der Waals surface area contributed by atoms with E-state index in [-0.39, 0.29) is 11.3 Å². The summed E-state index contributed by atoms with van der Waals surface area (Å²) in [7, 11) is 0. The highest BCUT2D eigenvalue weighted by Gasteiger charge is 2.38. The van der Waals surface area contributed by atoms with Gasteiger partial charge in [-0.25, -0.2) is 0 Å². The molecule has 2 heterocycles. The molecule has 5 nitrogen and oxygen atoms in total. The van der Waals surface area contributed by atoms with Crippen molar-refractivity contribution in [2.24, 2.45) is 5.92 Å². The fraction of sp³-hybridized carbons (Fsp3) is 0.409. The molecular formula is C22H24N4O. The van der Waals surface area contributed by atoms with Gasteiger partial charge in [-0.2, -0.15) is 0 Å². The van der Waals surface area contributed by atoms with Gasteiger partial charge in [0.1, 0.15) is 0 Å². The third kappa shape index (κ3) is 3.11. The van der Waals surface area contributed by atoms with Crippen LogP contribution >= 0.6 is 0 Å². The average Bonchev–Trinajstić information content (AvgIpc) is 3.50. The van der Waals surface area contributed by atoms with E-state index in [0.29, 0.717) is 11.6 Å². The summed E-state index contributed by atoms with van der Waals surface area (Å²) < 4.78 is 0. The van der Waals surface area contributed by atoms with Crippen molar-refractivity contribution in [3.05, 3.63) is 59.3 Å². The molecule has 1 aromatic carbocycles. The first kappa shape index (κ1) is 16.5. The van der Waals surface area contributed by atoms with Crippen LogP contribution in [0.5, 0.6) is 0 Å². The molecule has 2 aromatic rings. The Bertz CT molecular complexity index is 877. The molecule has 0 bridgehead atoms. The van der Waals surface area contributed by atoms with E-state index in [2.05, 4.69) is 56.8 Å². The highest BCUT2D eigenvalue weighted by molar-refractivity contribution is 5.92. The number of benzene rings is 1. The van der Waals surface area contributed by atoms with Gasteiger partial charge in [-0.15, -0.1) is 10.2 Å². The third-order valence-corrected chi connectivity index (χ3v) is 6.19. The van der Waals surface area contributed by atoms with Crippen molar-refractivity contribution in [2.75, 3.05) is 24.5 Å². The molecule has 2 fully saturated rings. The zero-order valence-corrected chi connectivity index (χ0v) is 15.4. The summed E-state index contributed by atoms with van der Waals surface area (Å²) in [5.41, 5.74) is 3.38. The number of nitrogens with zero attached hydrogens (tertiary/aromatic N) is 3. The van der Waals surface area contributed by atoms with Crippen molar-refractivity contribution in [1.82, 2.24) is 15.5 Å². The number of aromatic nitrogens is 2. The number of allylic oxidation sites excluding steroid dienone is 1. The van der Waals surface area contributed by atoms with E-state index in [1.807, 2.05) is 6.07 Å². The molecule has 0 radical (unpaired) electrons. The fourth-order valence-electron chi connectivity index (χ4n) is 4.27. The minimum atomic E-state index is -0.119. The zero-order valence-electron chi connectivity index (χ0n) is 15.4. The molecule has 1 aromatic heterocycles. The Kier molecular flexibility index (Phi) is 3.96. The van der Waals surface area contributed by atoms with Crippen LogP contribution in [-0.2, 0) is 5.41 Å². The summed E-state index contributed by atoms with van der Waals surface area (Å²) in [6, 6.07) is 12.4. The average molecular weight is 360 g/mol. The predicted molar refractivity (Wildman–Crippen MR) is 106 cm³/mol. The number of piperidine rings is 1. The topological polar surface area (TPSA) is 58.1 Å². The Balaban J connectivity index is 1.23. The van der Waals surface area contributed by atoms with Crippen molar-refractivity contribution >= 4 is 17.8 Å². The monoisotopic (exact) mass is 360 g/mol. The predicted octanol–water partition coefficient (Wildman–Crippen LogP) is 3.18. The summed E-state index contributed by atoms with van der Waals surface area (Å²) in [4.78, 5) is 14.4. The number of fused-ring (bicyclic) bond motifs is 2. The van der Waals surface area contributed by atoms with Crippen molar-refractivity contribution in [2.45, 2.75) is 31.1 Å². The molecular weight excluding hydrogens is 336 g/mol. The van der Waals surface area contributed by atoms with E-state index >= 15 is 0 Å². The largest absolute Gasteiger partial charge is 0.355 e. The molecule has 138 valence electrons. The highest BCUT2D eigenvalue weighted by Crippen LogP contribution is 2.44. The van der Waals surface area contributed by atoms with Gasteiger partial charge in [0.15, 0.2) is 11.5 Å². The lowest BCUT2D eigenvalue weighted by atomic mass is 9.74. The van der Waals surface area contributed by atoms with Gasteiger partial charge in [-0.1, -0.05) is 36.4 Å². The number of carbonyl (C=O) groups is 1. The van der Waals surface area contributed by atoms with Crippen molar-refractivity contribution < 1.29 is 4.79 Å². The third-order valence-electron chi connectivity index (χ3n) is 6.19. The van der Waals surface area contributed by atoms with Crippen molar-refractivity contribution in [1.29, 1.82) is 0 Å². The maximum absolute atomic E-state index is 12.1. The zero-order chi connectivity index (χ0) is 18.3. The van der Waals surface area contributed by atoms with Gasteiger partial charge in [0.25, 0.3) is 5.91 Å². The summed E-state index contributed by atoms with van der Waals surface area (Å²) in [5.74, 6) is 1.40. The van der Waals surface area contributed by atoms with E-state index in [1.54, 1.807) is 6.07 Å². The molecule has 5 rings (SSSR count). The van der Waals surface area contributed by atoms with Crippen LogP contribution in [0.4, 0.5) is 5.82 Å². The molecule has 1 saturated carbocycles. The number of rotatable bonds is 4. The Morgan fingerprint density at radius 2 is 1.93 bits per heavy atom. The standard InChI is InChI=1S/C22H24N4O/c27-21(23-15-16-5-6-16)19-7-8-20(25-24-19)26-13-11-22(12-14-26)10-9-17-3-1-2-4-18(17)22/h1-4,7-10,16H,5-6,11-15H2,(H,23,27). The molecule has 1 saturated heterocycles. The second-order valence-electron chi connectivity index (χ2n) is 7.99. The molecule has 0 atom stereocenters. The number of hydrogen-bond donors (Lipinski definition) is 1. The lowest BCUT2D eigenvalue weighted by molar-refractivity contribution is 0.0946. The maximum atomic E-state index is 12.1. The number of nitrogens with one attached hydrogen (secondary N) is 1. The minimum absolute atomic E-state index is 0.119. The molecule has 3 aliphatic rings. The second kappa shape index (κ2) is 6.48. The van der Waals surface area contributed by atoms with E-state index in [0.717, 1.165) is 38.3 Å². The number of hydrogen-bond acceptors (Lipinski definition) is 4. The molecule has 1 aliphatic heterocycles. The number of carbonyl (C=O) groups excluding carboxylic acids is 1. The Labute approximate surface area is 159 Å². The van der Waals surface area contributed by atoms with Gasteiger partial charge >= 0.3 is 0 Å². The molecule has 27 heavy (non-hydrogen) atoms. The van der Waals surface area contributed by atoms with E-state index in [9.17, 15) is 4.79 Å². The minimum Gasteiger partial charge on any atom is -0.355 e. The lowest BCUT2D eigenvalue weighted by Crippen LogP contribution is -2.41. The van der Waals surface area contributed by atoms with E-state index in [1.165, 1.54) is 24.0 Å². The van der Waals surface area contributed by atoms with Gasteiger partial charge in [0.2, 0.25) is 0 Å². The van der Waals surface area contributed by atoms with Crippen LogP contribution in [0.3, 0.4) is 0 Å². The van der Waals surface area contributed by atoms with Crippen LogP contribution in [-0.4, -0.2) is 35.7 Å². The molecule has 1 amide bonds. The SMILES string of the molecule is O=C(NCC1CC1)c1ccc(N2CCC3(C=Cc4ccccc43)CC2)nn1. The quantitative estimate of drug-likeness (QED) is 0.910. The first-order chi connectivity index (χ1) is 13.2. The van der Waals surface area contributed by atoms with Gasteiger partial charge in [-0.3, -0.25) is 4.79 Å². The Hall–Kier alpha value is -2.69. The number of amides is 1. The Morgan fingerprint density at radius 1 is 1.11 bits per heavy atom. The number of anilines is 1. The fourth-order valence-corrected chi connectivity index (χ4v) is 4.27. The van der Waals surface area contributed by atoms with Gasteiger partial charge < -0.3 is 10.2 Å². The van der Waals surface area contributed by atoms with Crippen molar-refractivity contribution in [3.63, 3.8) is 0 Å². The van der Waals surface area contributed by atoms with Crippen LogP contribution in [0, 0.1) is 5.92 Å². The van der Waals surface area contributed by atoms with E-state index in [4.69, 9.17) is 0 Å². The molecule has 0 unspecified atom stereocenters. The van der Waals surface area contributed by atoms with Crippen LogP contribution in [0.1, 0.15) is 47.3 Å². The first-order valence-corrected chi connectivity index (χ1v) is 9.89. The summed E-state index contributed by atoms with van der Waals surface area (Å²) >= 11 is 0. The van der Waals surface area contributed by atoms with Crippen LogP contribution in [0.2, 0.25) is 0 Å². The van der Waals surface area contributed by atoms with Gasteiger partial charge in [-0.05, 0) is 54.9 Å². The summed E-state index contributed by atoms with van der Waals surface area (Å²) in [6.45, 7) is 2.65. The molecule has 1 N–H and O–H groups in total. The normalized spacial score (nSPS) is 19.9. The summed E-state index contributed by atoms with van der Waals surface area (Å²) in [6.07, 6.45) is 9.24. The smallest absolute Gasteiger partial charge is 0.271 e. The van der Waals surface area contributed by atoms with Crippen LogP contribution < -0.4 is 10.2 Å². The van der Waals surface area contributed by atoms with E-state index < -0.39 is 0 Å². The Morgan fingerprint density at radius 3 is 2.67 bits per heavy atom. The second-order valence-corrected chi connectivity index (χ2v) is 7.99. The van der Waals surface area contributed by atoms with Crippen molar-refractivity contribution in [3.8, 4) is 0 Å². The van der Waals surface area contributed by atoms with Crippen LogP contribution in [0.15, 0.2) is 42.5 Å². The highest BCUT2D eigenvalue weighted by atomic mass is 16.1.